The molecule has 2 nitrogen and oxygen atoms in total. The molecule has 0 N–H and O–H groups in total. The summed E-state index contributed by atoms with van der Waals surface area (Å²) < 4.78 is 13.5. The van der Waals surface area contributed by atoms with Crippen molar-refractivity contribution in [2.75, 3.05) is 7.11 Å². The molecular formula is C48H34O2. The summed E-state index contributed by atoms with van der Waals surface area (Å²) in [5.74, 6) is 1.62. The largest absolute Gasteiger partial charge is 0.497 e. The van der Waals surface area contributed by atoms with Crippen LogP contribution in [0, 0.1) is 6.92 Å². The molecule has 7 aromatic carbocycles. The van der Waals surface area contributed by atoms with E-state index in [-0.39, 0.29) is 0 Å². The minimum absolute atomic E-state index is 0.619. The first-order chi connectivity index (χ1) is 24.5. The normalized spacial score (nSPS) is 17.8. The quantitative estimate of drug-likeness (QED) is 0.174. The smallest absolute Gasteiger partial charge is 0.178 e. The van der Waals surface area contributed by atoms with Crippen LogP contribution in [0.5, 0.6) is 11.5 Å². The second kappa shape index (κ2) is 10.2. The van der Waals surface area contributed by atoms with Gasteiger partial charge in [0.05, 0.1) is 12.5 Å². The van der Waals surface area contributed by atoms with Crippen molar-refractivity contribution < 1.29 is 9.47 Å². The average molecular weight is 643 g/mol. The Hall–Kier alpha value is -6.12. The summed E-state index contributed by atoms with van der Waals surface area (Å²) in [6.45, 7) is 11.0. The van der Waals surface area contributed by atoms with Crippen molar-refractivity contribution in [2.45, 2.75) is 17.9 Å². The predicted octanol–water partition coefficient (Wildman–Crippen LogP) is 11.6. The van der Waals surface area contributed by atoms with E-state index in [1.165, 1.54) is 49.4 Å². The van der Waals surface area contributed by atoms with E-state index < -0.39 is 11.0 Å². The van der Waals surface area contributed by atoms with Crippen LogP contribution in [-0.2, 0) is 11.0 Å². The lowest BCUT2D eigenvalue weighted by molar-refractivity contribution is 0.163. The van der Waals surface area contributed by atoms with E-state index in [4.69, 9.17) is 9.47 Å². The average Bonchev–Trinajstić information content (AvgIpc) is 3.65. The standard InChI is InChI=1S/C48H34O2/c1-5-35-39(6-2)48(40-16-10-12-30-20-21-31-13-11-17-41(48)43(31)42(30)40)45-37-26-27-47(32-14-8-7-9-15-32,33-22-18-29(3)19-23-33)50-46(37)38-28-34(49-4)24-25-36(38)44(35)45/h5-28H,1-2H2,3-4H3. The molecule has 1 unspecified atom stereocenters. The highest BCUT2D eigenvalue weighted by atomic mass is 16.5. The van der Waals surface area contributed by atoms with E-state index in [9.17, 15) is 0 Å². The third-order valence-corrected chi connectivity index (χ3v) is 11.4. The Kier molecular flexibility index (Phi) is 5.88. The Morgan fingerprint density at radius 2 is 1.36 bits per heavy atom. The Balaban J connectivity index is 1.39. The third-order valence-electron chi connectivity index (χ3n) is 11.4. The molecule has 0 fully saturated rings. The molecule has 50 heavy (non-hydrogen) atoms. The fourth-order valence-electron chi connectivity index (χ4n) is 9.31. The van der Waals surface area contributed by atoms with Crippen LogP contribution in [0.3, 0.4) is 0 Å². The van der Waals surface area contributed by atoms with Gasteiger partial charge in [0.25, 0.3) is 0 Å². The van der Waals surface area contributed by atoms with Crippen LogP contribution in [0.1, 0.15) is 44.5 Å². The van der Waals surface area contributed by atoms with Crippen LogP contribution in [0.25, 0.3) is 44.0 Å². The van der Waals surface area contributed by atoms with Crippen LogP contribution < -0.4 is 9.47 Å². The van der Waals surface area contributed by atoms with Gasteiger partial charge in [0.1, 0.15) is 11.5 Å². The zero-order valence-corrected chi connectivity index (χ0v) is 28.1. The number of fused-ring (bicyclic) bond motifs is 9. The van der Waals surface area contributed by atoms with Gasteiger partial charge in [0, 0.05) is 22.1 Å². The molecular weight excluding hydrogens is 609 g/mol. The zero-order valence-electron chi connectivity index (χ0n) is 28.1. The summed E-state index contributed by atoms with van der Waals surface area (Å²) in [4.78, 5) is 0. The van der Waals surface area contributed by atoms with Gasteiger partial charge in [-0.1, -0.05) is 140 Å². The van der Waals surface area contributed by atoms with E-state index in [1.54, 1.807) is 7.11 Å². The molecule has 2 aliphatic carbocycles. The minimum Gasteiger partial charge on any atom is -0.497 e. The Bertz CT molecular complexity index is 2630. The molecule has 238 valence electrons. The number of allylic oxidation sites excluding steroid dienone is 4. The highest BCUT2D eigenvalue weighted by molar-refractivity contribution is 6.19. The maximum atomic E-state index is 7.62. The molecule has 0 amide bonds. The van der Waals surface area contributed by atoms with Crippen LogP contribution in [0.4, 0.5) is 0 Å². The van der Waals surface area contributed by atoms with Gasteiger partial charge in [-0.15, -0.1) is 0 Å². The van der Waals surface area contributed by atoms with Crippen LogP contribution in [-0.4, -0.2) is 7.11 Å². The minimum atomic E-state index is -0.855. The van der Waals surface area contributed by atoms with Gasteiger partial charge in [-0.05, 0) is 91.5 Å². The van der Waals surface area contributed by atoms with Crippen LogP contribution in [0.15, 0.2) is 158 Å². The lowest BCUT2D eigenvalue weighted by atomic mass is 9.67. The highest BCUT2D eigenvalue weighted by Gasteiger charge is 2.54. The van der Waals surface area contributed by atoms with E-state index in [1.807, 2.05) is 6.08 Å². The number of methoxy groups -OCH3 is 1. The maximum absolute atomic E-state index is 7.62. The molecule has 3 aliphatic rings. The van der Waals surface area contributed by atoms with Gasteiger partial charge >= 0.3 is 0 Å². The number of hydrogen-bond acceptors (Lipinski definition) is 2. The second-order valence-corrected chi connectivity index (χ2v) is 13.7. The lowest BCUT2D eigenvalue weighted by Gasteiger charge is -2.40. The first-order valence-corrected chi connectivity index (χ1v) is 17.2. The summed E-state index contributed by atoms with van der Waals surface area (Å²) in [6, 6.07) is 43.7. The highest BCUT2D eigenvalue weighted by Crippen LogP contribution is 2.65. The molecule has 2 heteroatoms. The fourth-order valence-corrected chi connectivity index (χ4v) is 9.31. The van der Waals surface area contributed by atoms with E-state index in [0.29, 0.717) is 0 Å². The topological polar surface area (TPSA) is 18.5 Å². The molecule has 0 saturated heterocycles. The predicted molar refractivity (Wildman–Crippen MR) is 207 cm³/mol. The van der Waals surface area contributed by atoms with Gasteiger partial charge < -0.3 is 9.47 Å². The molecule has 7 aromatic rings. The number of hydrogen-bond donors (Lipinski definition) is 0. The molecule has 10 rings (SSSR count). The van der Waals surface area contributed by atoms with Crippen molar-refractivity contribution in [3.05, 3.63) is 203 Å². The van der Waals surface area contributed by atoms with E-state index in [2.05, 4.69) is 160 Å². The SMILES string of the molecule is C=CC1=C(C=C)C2(c3c4c(c5cc(OC)ccc5c31)OC(c1ccccc1)(c1ccc(C)cc1)C=C4)c1cccc3ccc4cccc2c4c13. The number of aryl methyl sites for hydroxylation is 1. The van der Waals surface area contributed by atoms with Crippen molar-refractivity contribution in [1.82, 2.24) is 0 Å². The van der Waals surface area contributed by atoms with Crippen molar-refractivity contribution in [1.29, 1.82) is 0 Å². The second-order valence-electron chi connectivity index (χ2n) is 13.7. The first kappa shape index (κ1) is 28.9. The molecule has 1 heterocycles. The molecule has 0 radical (unpaired) electrons. The third kappa shape index (κ3) is 3.43. The molecule has 0 saturated carbocycles. The fraction of sp³-hybridized carbons (Fsp3) is 0.0833. The Morgan fingerprint density at radius 1 is 0.680 bits per heavy atom. The monoisotopic (exact) mass is 642 g/mol. The van der Waals surface area contributed by atoms with Gasteiger partial charge in [0.2, 0.25) is 0 Å². The van der Waals surface area contributed by atoms with E-state index >= 15 is 0 Å². The van der Waals surface area contributed by atoms with Crippen molar-refractivity contribution in [2.24, 2.45) is 0 Å². The Morgan fingerprint density at radius 3 is 2.00 bits per heavy atom. The van der Waals surface area contributed by atoms with Crippen molar-refractivity contribution in [3.63, 3.8) is 0 Å². The number of benzene rings is 7. The molecule has 1 spiro atoms. The molecule has 1 atom stereocenters. The summed E-state index contributed by atoms with van der Waals surface area (Å²) in [7, 11) is 1.72. The number of ether oxygens (including phenoxy) is 2. The molecule has 0 aromatic heterocycles. The summed E-state index contributed by atoms with van der Waals surface area (Å²) in [6.07, 6.45) is 8.67. The maximum Gasteiger partial charge on any atom is 0.178 e. The number of rotatable bonds is 5. The lowest BCUT2D eigenvalue weighted by Crippen LogP contribution is -2.35. The summed E-state index contributed by atoms with van der Waals surface area (Å²) in [5.41, 5.74) is 10.1. The molecule has 1 aliphatic heterocycles. The molecule has 0 bridgehead atoms. The van der Waals surface area contributed by atoms with E-state index in [0.717, 1.165) is 50.1 Å². The Labute approximate surface area is 291 Å². The van der Waals surface area contributed by atoms with Gasteiger partial charge in [-0.3, -0.25) is 0 Å². The van der Waals surface area contributed by atoms with Crippen LogP contribution >= 0.6 is 0 Å². The summed E-state index contributed by atoms with van der Waals surface area (Å²) >= 11 is 0. The van der Waals surface area contributed by atoms with Gasteiger partial charge in [0.15, 0.2) is 5.60 Å². The van der Waals surface area contributed by atoms with Gasteiger partial charge in [-0.2, -0.15) is 0 Å². The van der Waals surface area contributed by atoms with Crippen molar-refractivity contribution in [3.8, 4) is 11.5 Å². The van der Waals surface area contributed by atoms with Gasteiger partial charge in [-0.25, -0.2) is 0 Å². The zero-order chi connectivity index (χ0) is 33.8. The summed E-state index contributed by atoms with van der Waals surface area (Å²) in [5, 5.41) is 7.19. The van der Waals surface area contributed by atoms with Crippen molar-refractivity contribution >= 4 is 44.0 Å². The van der Waals surface area contributed by atoms with Crippen LogP contribution in [0.2, 0.25) is 0 Å². The first-order valence-electron chi connectivity index (χ1n) is 17.2.